The Morgan fingerprint density at radius 3 is 2.40 bits per heavy atom. The van der Waals surface area contributed by atoms with Crippen LogP contribution in [0.5, 0.6) is 5.75 Å². The van der Waals surface area contributed by atoms with E-state index < -0.39 is 52.5 Å². The third-order valence-electron chi connectivity index (χ3n) is 10.4. The van der Waals surface area contributed by atoms with Crippen LogP contribution in [-0.4, -0.2) is 71.5 Å². The number of likely N-dealkylation sites (N-methyl/N-ethyl adjacent to an activating group) is 1. The van der Waals surface area contributed by atoms with E-state index in [0.29, 0.717) is 5.92 Å². The number of ether oxygens (including phenoxy) is 1. The van der Waals surface area contributed by atoms with Crippen molar-refractivity contribution in [1.29, 1.82) is 0 Å². The lowest BCUT2D eigenvalue weighted by molar-refractivity contribution is -0.139. The third kappa shape index (κ3) is 4.92. The molecule has 0 aromatic heterocycles. The van der Waals surface area contributed by atoms with E-state index in [1.807, 2.05) is 6.92 Å². The van der Waals surface area contributed by atoms with Crippen molar-refractivity contribution in [3.8, 4) is 5.75 Å². The van der Waals surface area contributed by atoms with Crippen molar-refractivity contribution in [2.24, 2.45) is 28.9 Å². The number of ketones is 1. The number of primary amides is 1. The van der Waals surface area contributed by atoms with Crippen molar-refractivity contribution in [3.63, 3.8) is 0 Å². The summed E-state index contributed by atoms with van der Waals surface area (Å²) in [5.74, 6) is -2.34. The maximum absolute atomic E-state index is 14.9. The number of Topliss-reactive ketones (excluding diaryl/α,β-unsaturated/α-hetero) is 1. The van der Waals surface area contributed by atoms with E-state index in [-0.39, 0.29) is 71.2 Å². The molecule has 2 saturated carbocycles. The SMILES string of the molecule is COC1=C2C(=O)c3c(O)cc(CN(CC4CC4)C4CC4)c(C(F)(F)F)c3C[C@H]2C[C@H]2[C@H](N(C)C)C(O)=C(C(N)=O)C[C@@]12C. The topological polar surface area (TPSA) is 116 Å². The highest BCUT2D eigenvalue weighted by Gasteiger charge is 2.58. The highest BCUT2D eigenvalue weighted by molar-refractivity contribution is 6.13. The molecular weight excluding hydrogens is 563 g/mol. The first-order valence-electron chi connectivity index (χ1n) is 15.1. The number of phenols is 1. The number of hydrogen-bond donors (Lipinski definition) is 3. The first-order chi connectivity index (χ1) is 20.2. The summed E-state index contributed by atoms with van der Waals surface area (Å²) in [7, 11) is 4.90. The van der Waals surface area contributed by atoms with Gasteiger partial charge >= 0.3 is 6.18 Å². The molecule has 1 aromatic carbocycles. The number of nitrogens with two attached hydrogens (primary N) is 1. The van der Waals surface area contributed by atoms with Gasteiger partial charge in [0.25, 0.3) is 0 Å². The summed E-state index contributed by atoms with van der Waals surface area (Å²) < 4.78 is 50.7. The molecule has 43 heavy (non-hydrogen) atoms. The van der Waals surface area contributed by atoms with Crippen molar-refractivity contribution in [3.05, 3.63) is 51.0 Å². The molecule has 0 spiro atoms. The maximum atomic E-state index is 14.9. The number of nitrogens with zero attached hydrogens (tertiary/aromatic N) is 2. The summed E-state index contributed by atoms with van der Waals surface area (Å²) in [6.07, 6.45) is -0.483. The zero-order valence-electron chi connectivity index (χ0n) is 25.1. The lowest BCUT2D eigenvalue weighted by Gasteiger charge is -2.53. The number of carbonyl (C=O) groups excluding carboxylic acids is 2. The van der Waals surface area contributed by atoms with Crippen LogP contribution in [0.15, 0.2) is 28.7 Å². The zero-order chi connectivity index (χ0) is 31.2. The minimum atomic E-state index is -4.73. The molecule has 1 amide bonds. The molecule has 0 saturated heterocycles. The van der Waals surface area contributed by atoms with Gasteiger partial charge < -0.3 is 20.7 Å². The lowest BCUT2D eigenvalue weighted by atomic mass is 9.54. The van der Waals surface area contributed by atoms with Gasteiger partial charge in [-0.25, -0.2) is 0 Å². The van der Waals surface area contributed by atoms with Crippen LogP contribution in [0.4, 0.5) is 13.2 Å². The fourth-order valence-electron chi connectivity index (χ4n) is 8.23. The molecule has 5 aliphatic carbocycles. The first-order valence-corrected chi connectivity index (χ1v) is 15.1. The van der Waals surface area contributed by atoms with Crippen LogP contribution in [0.1, 0.15) is 72.5 Å². The lowest BCUT2D eigenvalue weighted by Crippen LogP contribution is -2.54. The number of methoxy groups -OCH3 is 1. The van der Waals surface area contributed by atoms with Gasteiger partial charge in [-0.2, -0.15) is 13.2 Å². The van der Waals surface area contributed by atoms with Crippen LogP contribution >= 0.6 is 0 Å². The van der Waals surface area contributed by atoms with E-state index in [1.54, 1.807) is 19.0 Å². The Hall–Kier alpha value is -3.05. The summed E-state index contributed by atoms with van der Waals surface area (Å²) in [5, 5.41) is 22.3. The van der Waals surface area contributed by atoms with Crippen molar-refractivity contribution in [2.45, 2.75) is 76.7 Å². The number of rotatable bonds is 8. The monoisotopic (exact) mass is 603 g/mol. The molecule has 0 bridgehead atoms. The fraction of sp³-hybridized carbons (Fsp3) is 0.625. The van der Waals surface area contributed by atoms with E-state index in [1.165, 1.54) is 7.11 Å². The quantitative estimate of drug-likeness (QED) is 0.395. The molecule has 6 rings (SSSR count). The Morgan fingerprint density at radius 1 is 1.19 bits per heavy atom. The highest BCUT2D eigenvalue weighted by Crippen LogP contribution is 2.59. The molecule has 0 radical (unpaired) electrons. The molecule has 5 aliphatic rings. The standard InChI is InChI=1S/C32H40F3N3O5/c1-31-12-20(30(36)42)27(40)26(37(2)3)21(31)10-16-9-19-24(28(41)23(16)29(31)43-4)22(39)11-17(25(19)32(33,34)35)14-38(18-7-8-18)13-15-5-6-15/h11,15-16,18,21,26,39-40H,5-10,12-14H2,1-4H3,(H2,36,42)/t16-,21-,26-,31+/m0/s1. The molecule has 234 valence electrons. The predicted molar refractivity (Wildman–Crippen MR) is 152 cm³/mol. The van der Waals surface area contributed by atoms with Gasteiger partial charge in [0.05, 0.1) is 29.9 Å². The fourth-order valence-corrected chi connectivity index (χ4v) is 8.23. The normalized spacial score (nSPS) is 29.1. The summed E-state index contributed by atoms with van der Waals surface area (Å²) in [4.78, 5) is 30.4. The number of aliphatic hydroxyl groups is 1. The number of carbonyl (C=O) groups is 2. The number of phenolic OH excluding ortho intramolecular Hbond substituents is 1. The Bertz CT molecular complexity index is 1440. The van der Waals surface area contributed by atoms with Gasteiger partial charge in [0.15, 0.2) is 5.78 Å². The predicted octanol–water partition coefficient (Wildman–Crippen LogP) is 4.70. The van der Waals surface area contributed by atoms with Crippen molar-refractivity contribution in [2.75, 3.05) is 27.7 Å². The number of alkyl halides is 3. The third-order valence-corrected chi connectivity index (χ3v) is 10.4. The van der Waals surface area contributed by atoms with Crippen LogP contribution < -0.4 is 5.73 Å². The second kappa shape index (κ2) is 10.3. The smallest absolute Gasteiger partial charge is 0.417 e. The van der Waals surface area contributed by atoms with Gasteiger partial charge in [0, 0.05) is 30.1 Å². The number of aromatic hydroxyl groups is 1. The molecule has 4 atom stereocenters. The maximum Gasteiger partial charge on any atom is 0.417 e. The Labute approximate surface area is 249 Å². The second-order valence-electron chi connectivity index (χ2n) is 13.6. The van der Waals surface area contributed by atoms with Crippen molar-refractivity contribution in [1.82, 2.24) is 9.80 Å². The van der Waals surface area contributed by atoms with Crippen LogP contribution in [0, 0.1) is 23.2 Å². The number of halogens is 3. The number of hydrogen-bond acceptors (Lipinski definition) is 7. The molecule has 0 unspecified atom stereocenters. The van der Waals surface area contributed by atoms with Crippen LogP contribution in [0.25, 0.3) is 0 Å². The number of aliphatic hydroxyl groups excluding tert-OH is 1. The Balaban J connectivity index is 1.49. The Kier molecular flexibility index (Phi) is 7.16. The minimum Gasteiger partial charge on any atom is -0.510 e. The number of benzene rings is 1. The number of fused-ring (bicyclic) bond motifs is 3. The van der Waals surface area contributed by atoms with Gasteiger partial charge in [0.2, 0.25) is 5.91 Å². The average Bonchev–Trinajstić information content (AvgIpc) is 3.81. The molecule has 0 heterocycles. The van der Waals surface area contributed by atoms with Gasteiger partial charge in [-0.05, 0) is 94.0 Å². The van der Waals surface area contributed by atoms with E-state index in [2.05, 4.69) is 4.90 Å². The summed E-state index contributed by atoms with van der Waals surface area (Å²) in [6.45, 7) is 2.65. The molecule has 8 nitrogen and oxygen atoms in total. The van der Waals surface area contributed by atoms with Crippen LogP contribution in [0.2, 0.25) is 0 Å². The largest absolute Gasteiger partial charge is 0.510 e. The average molecular weight is 604 g/mol. The van der Waals surface area contributed by atoms with Crippen LogP contribution in [-0.2, 0) is 28.7 Å². The summed E-state index contributed by atoms with van der Waals surface area (Å²) in [6, 6.07) is 0.717. The zero-order valence-corrected chi connectivity index (χ0v) is 25.1. The van der Waals surface area contributed by atoms with Gasteiger partial charge in [-0.1, -0.05) is 6.92 Å². The summed E-state index contributed by atoms with van der Waals surface area (Å²) >= 11 is 0. The second-order valence-corrected chi connectivity index (χ2v) is 13.6. The summed E-state index contributed by atoms with van der Waals surface area (Å²) in [5.41, 5.74) is 3.63. The molecule has 2 fully saturated rings. The van der Waals surface area contributed by atoms with Crippen LogP contribution in [0.3, 0.4) is 0 Å². The first kappa shape index (κ1) is 30.0. The van der Waals surface area contributed by atoms with E-state index >= 15 is 0 Å². The van der Waals surface area contributed by atoms with Gasteiger partial charge in [0.1, 0.15) is 17.3 Å². The van der Waals surface area contributed by atoms with E-state index in [4.69, 9.17) is 10.5 Å². The molecule has 4 N–H and O–H groups in total. The number of amides is 1. The van der Waals surface area contributed by atoms with E-state index in [0.717, 1.165) is 38.3 Å². The number of allylic oxidation sites excluding steroid dienone is 2. The highest BCUT2D eigenvalue weighted by atomic mass is 19.4. The van der Waals surface area contributed by atoms with Crippen molar-refractivity contribution < 1.29 is 37.7 Å². The van der Waals surface area contributed by atoms with E-state index in [9.17, 15) is 33.0 Å². The molecular formula is C32H40F3N3O5. The molecule has 0 aliphatic heterocycles. The Morgan fingerprint density at radius 2 is 1.86 bits per heavy atom. The molecule has 11 heteroatoms. The van der Waals surface area contributed by atoms with Gasteiger partial charge in [-0.15, -0.1) is 0 Å². The van der Waals surface area contributed by atoms with Gasteiger partial charge in [-0.3, -0.25) is 19.4 Å². The van der Waals surface area contributed by atoms with Crippen molar-refractivity contribution >= 4 is 11.7 Å². The minimum absolute atomic E-state index is 0.000320. The molecule has 1 aromatic rings.